The molecule has 2 aliphatic carbocycles. The van der Waals surface area contributed by atoms with Gasteiger partial charge < -0.3 is 5.32 Å². The summed E-state index contributed by atoms with van der Waals surface area (Å²) in [6.45, 7) is 6.78. The average Bonchev–Trinajstić information content (AvgIpc) is 3.13. The van der Waals surface area contributed by atoms with Crippen LogP contribution in [0.25, 0.3) is 5.65 Å². The minimum atomic E-state index is 0.157. The molecule has 2 heterocycles. The van der Waals surface area contributed by atoms with E-state index in [9.17, 15) is 0 Å². The third-order valence-electron chi connectivity index (χ3n) is 5.61. The fraction of sp³-hybridized carbons (Fsp3) is 0.667. The van der Waals surface area contributed by atoms with E-state index >= 15 is 0 Å². The van der Waals surface area contributed by atoms with Gasteiger partial charge in [0.05, 0.1) is 11.9 Å². The number of rotatable bonds is 4. The van der Waals surface area contributed by atoms with Gasteiger partial charge in [-0.15, -0.1) is 0 Å². The lowest BCUT2D eigenvalue weighted by Gasteiger charge is -2.25. The quantitative estimate of drug-likeness (QED) is 0.924. The second-order valence-electron chi connectivity index (χ2n) is 7.71. The Morgan fingerprint density at radius 1 is 1.18 bits per heavy atom. The Balaban J connectivity index is 1.79. The smallest absolute Gasteiger partial charge is 0.160 e. The van der Waals surface area contributed by atoms with Crippen LogP contribution >= 0.6 is 0 Å². The van der Waals surface area contributed by atoms with Gasteiger partial charge in [-0.25, -0.2) is 4.98 Å². The van der Waals surface area contributed by atoms with Gasteiger partial charge >= 0.3 is 0 Å². The molecule has 2 fully saturated rings. The van der Waals surface area contributed by atoms with Gasteiger partial charge in [0, 0.05) is 23.1 Å². The molecule has 0 amide bonds. The Morgan fingerprint density at radius 3 is 2.59 bits per heavy atom. The van der Waals surface area contributed by atoms with Crippen molar-refractivity contribution in [3.63, 3.8) is 0 Å². The number of aromatic nitrogens is 3. The molecule has 0 bridgehead atoms. The number of hydrogen-bond donors (Lipinski definition) is 1. The standard InChI is InChI=1S/C18H26N4/c1-12-11-19-22-16(20-14-6-4-5-7-14)10-15(21-17(12)22)18(2,3)13-8-9-13/h10-11,13-14,20H,4-9H2,1-3H3. The SMILES string of the molecule is Cc1cnn2c(NC3CCCC3)cc(C(C)(C)C3CC3)nc12. The maximum Gasteiger partial charge on any atom is 0.160 e. The molecule has 2 aromatic rings. The van der Waals surface area contributed by atoms with E-state index in [1.807, 2.05) is 10.7 Å². The zero-order chi connectivity index (χ0) is 15.3. The van der Waals surface area contributed by atoms with E-state index in [-0.39, 0.29) is 5.41 Å². The summed E-state index contributed by atoms with van der Waals surface area (Å²) in [6.07, 6.45) is 9.81. The van der Waals surface area contributed by atoms with Gasteiger partial charge in [0.25, 0.3) is 0 Å². The van der Waals surface area contributed by atoms with E-state index in [0.29, 0.717) is 6.04 Å². The topological polar surface area (TPSA) is 42.2 Å². The summed E-state index contributed by atoms with van der Waals surface area (Å²) in [5.41, 5.74) is 3.53. The molecule has 4 heteroatoms. The summed E-state index contributed by atoms with van der Waals surface area (Å²) < 4.78 is 1.99. The van der Waals surface area contributed by atoms with E-state index in [4.69, 9.17) is 4.98 Å². The molecular formula is C18H26N4. The highest BCUT2D eigenvalue weighted by Crippen LogP contribution is 2.46. The monoisotopic (exact) mass is 298 g/mol. The number of hydrogen-bond acceptors (Lipinski definition) is 3. The van der Waals surface area contributed by atoms with Crippen molar-refractivity contribution in [2.24, 2.45) is 5.92 Å². The molecule has 1 N–H and O–H groups in total. The Hall–Kier alpha value is -1.58. The average molecular weight is 298 g/mol. The molecule has 0 atom stereocenters. The Bertz CT molecular complexity index is 690. The van der Waals surface area contributed by atoms with Crippen molar-refractivity contribution in [2.75, 3.05) is 5.32 Å². The predicted molar refractivity (Wildman–Crippen MR) is 89.4 cm³/mol. The van der Waals surface area contributed by atoms with E-state index in [1.165, 1.54) is 44.2 Å². The molecule has 0 radical (unpaired) electrons. The second-order valence-corrected chi connectivity index (χ2v) is 7.71. The largest absolute Gasteiger partial charge is 0.367 e. The van der Waals surface area contributed by atoms with E-state index in [1.54, 1.807) is 0 Å². The first-order valence-corrected chi connectivity index (χ1v) is 8.68. The van der Waals surface area contributed by atoms with Crippen molar-refractivity contribution in [1.29, 1.82) is 0 Å². The highest BCUT2D eigenvalue weighted by molar-refractivity contribution is 5.55. The van der Waals surface area contributed by atoms with Crippen molar-refractivity contribution >= 4 is 11.5 Å². The van der Waals surface area contributed by atoms with Crippen molar-refractivity contribution in [1.82, 2.24) is 14.6 Å². The third kappa shape index (κ3) is 2.29. The molecule has 118 valence electrons. The fourth-order valence-corrected chi connectivity index (χ4v) is 3.80. The first-order chi connectivity index (χ1) is 10.6. The lowest BCUT2D eigenvalue weighted by Crippen LogP contribution is -2.24. The van der Waals surface area contributed by atoms with E-state index in [0.717, 1.165) is 22.9 Å². The van der Waals surface area contributed by atoms with Gasteiger partial charge in [-0.3, -0.25) is 0 Å². The van der Waals surface area contributed by atoms with Crippen LogP contribution < -0.4 is 5.32 Å². The fourth-order valence-electron chi connectivity index (χ4n) is 3.80. The lowest BCUT2D eigenvalue weighted by molar-refractivity contribution is 0.441. The molecule has 0 saturated heterocycles. The first kappa shape index (κ1) is 14.0. The normalized spacial score (nSPS) is 20.0. The van der Waals surface area contributed by atoms with Crippen LogP contribution in [0.2, 0.25) is 0 Å². The van der Waals surface area contributed by atoms with Gasteiger partial charge in [0.15, 0.2) is 5.65 Å². The molecule has 4 nitrogen and oxygen atoms in total. The second kappa shape index (κ2) is 4.97. The molecule has 0 aromatic carbocycles. The predicted octanol–water partition coefficient (Wildman–Crippen LogP) is 4.08. The number of nitrogens with zero attached hydrogens (tertiary/aromatic N) is 3. The first-order valence-electron chi connectivity index (χ1n) is 8.68. The third-order valence-corrected chi connectivity index (χ3v) is 5.61. The summed E-state index contributed by atoms with van der Waals surface area (Å²) in [4.78, 5) is 4.96. The Morgan fingerprint density at radius 2 is 1.91 bits per heavy atom. The summed E-state index contributed by atoms with van der Waals surface area (Å²) in [6, 6.07) is 2.84. The minimum Gasteiger partial charge on any atom is -0.367 e. The van der Waals surface area contributed by atoms with Gasteiger partial charge in [0.1, 0.15) is 5.82 Å². The van der Waals surface area contributed by atoms with Crippen LogP contribution in [0.1, 0.15) is 63.6 Å². The molecule has 2 aromatic heterocycles. The molecule has 0 unspecified atom stereocenters. The number of fused-ring (bicyclic) bond motifs is 1. The van der Waals surface area contributed by atoms with Crippen molar-refractivity contribution in [2.45, 2.75) is 70.8 Å². The molecule has 2 aliphatic rings. The molecule has 22 heavy (non-hydrogen) atoms. The minimum absolute atomic E-state index is 0.157. The molecule has 0 aliphatic heterocycles. The summed E-state index contributed by atoms with van der Waals surface area (Å²) >= 11 is 0. The highest BCUT2D eigenvalue weighted by Gasteiger charge is 2.40. The Kier molecular flexibility index (Phi) is 3.17. The number of nitrogens with one attached hydrogen (secondary N) is 1. The Labute approximate surface area is 132 Å². The zero-order valence-electron chi connectivity index (χ0n) is 13.9. The van der Waals surface area contributed by atoms with E-state index < -0.39 is 0 Å². The van der Waals surface area contributed by atoms with Gasteiger partial charge in [0.2, 0.25) is 0 Å². The maximum atomic E-state index is 4.96. The number of anilines is 1. The van der Waals surface area contributed by atoms with Crippen LogP contribution in [0.3, 0.4) is 0 Å². The van der Waals surface area contributed by atoms with Gasteiger partial charge in [-0.2, -0.15) is 9.61 Å². The van der Waals surface area contributed by atoms with Crippen LogP contribution in [0.15, 0.2) is 12.3 Å². The van der Waals surface area contributed by atoms with Crippen LogP contribution in [0.5, 0.6) is 0 Å². The van der Waals surface area contributed by atoms with Gasteiger partial charge in [-0.1, -0.05) is 26.7 Å². The molecule has 2 saturated carbocycles. The zero-order valence-corrected chi connectivity index (χ0v) is 13.9. The van der Waals surface area contributed by atoms with Crippen LogP contribution in [0.4, 0.5) is 5.82 Å². The van der Waals surface area contributed by atoms with E-state index in [2.05, 4.69) is 37.3 Å². The summed E-state index contributed by atoms with van der Waals surface area (Å²) in [5, 5.41) is 8.27. The van der Waals surface area contributed by atoms with Crippen LogP contribution in [0, 0.1) is 12.8 Å². The van der Waals surface area contributed by atoms with Crippen molar-refractivity contribution in [3.05, 3.63) is 23.5 Å². The van der Waals surface area contributed by atoms with Gasteiger partial charge in [-0.05, 0) is 38.5 Å². The highest BCUT2D eigenvalue weighted by atomic mass is 15.3. The van der Waals surface area contributed by atoms with Crippen LogP contribution in [-0.4, -0.2) is 20.6 Å². The lowest BCUT2D eigenvalue weighted by atomic mass is 9.83. The molecule has 4 rings (SSSR count). The van der Waals surface area contributed by atoms with Crippen molar-refractivity contribution in [3.8, 4) is 0 Å². The van der Waals surface area contributed by atoms with Crippen molar-refractivity contribution < 1.29 is 0 Å². The maximum absolute atomic E-state index is 4.96. The number of aryl methyl sites for hydroxylation is 1. The van der Waals surface area contributed by atoms with Crippen LogP contribution in [-0.2, 0) is 5.41 Å². The summed E-state index contributed by atoms with van der Waals surface area (Å²) in [7, 11) is 0. The molecule has 0 spiro atoms. The summed E-state index contributed by atoms with van der Waals surface area (Å²) in [5.74, 6) is 1.90. The molecular weight excluding hydrogens is 272 g/mol.